The van der Waals surface area contributed by atoms with E-state index in [1.807, 2.05) is 13.8 Å². The van der Waals surface area contributed by atoms with Gasteiger partial charge in [0.05, 0.1) is 0 Å². The summed E-state index contributed by atoms with van der Waals surface area (Å²) >= 11 is 0. The van der Waals surface area contributed by atoms with Crippen molar-refractivity contribution in [3.63, 3.8) is 0 Å². The van der Waals surface area contributed by atoms with Crippen LogP contribution in [0, 0.1) is 5.92 Å². The standard InChI is InChI=1S/C11H14.C2H6/c1-9-6-7-10-4-2-3-5-11(10)8-9;1-2/h2-5,9H,6-8H2,1H3;1-2H3/t9-;/m0./s1. The summed E-state index contributed by atoms with van der Waals surface area (Å²) in [4.78, 5) is 0. The Hall–Kier alpha value is -0.780. The van der Waals surface area contributed by atoms with E-state index in [-0.39, 0.29) is 0 Å². The third kappa shape index (κ3) is 2.58. The van der Waals surface area contributed by atoms with Gasteiger partial charge in [0.1, 0.15) is 0 Å². The molecule has 0 heteroatoms. The Labute approximate surface area is 82.0 Å². The highest BCUT2D eigenvalue weighted by atomic mass is 14.2. The van der Waals surface area contributed by atoms with Crippen molar-refractivity contribution in [2.75, 3.05) is 0 Å². The number of hydrogen-bond donors (Lipinski definition) is 0. The summed E-state index contributed by atoms with van der Waals surface area (Å²) in [6.07, 6.45) is 3.95. The minimum atomic E-state index is 0.893. The minimum absolute atomic E-state index is 0.893. The first-order valence-electron chi connectivity index (χ1n) is 5.43. The zero-order chi connectivity index (χ0) is 9.68. The molecular formula is C13H20. The summed E-state index contributed by atoms with van der Waals surface area (Å²) in [6.45, 7) is 6.34. The van der Waals surface area contributed by atoms with Crippen molar-refractivity contribution in [3.8, 4) is 0 Å². The summed E-state index contributed by atoms with van der Waals surface area (Å²) in [7, 11) is 0. The van der Waals surface area contributed by atoms with Gasteiger partial charge in [-0.3, -0.25) is 0 Å². The highest BCUT2D eigenvalue weighted by molar-refractivity contribution is 5.29. The van der Waals surface area contributed by atoms with Crippen molar-refractivity contribution >= 4 is 0 Å². The summed E-state index contributed by atoms with van der Waals surface area (Å²) in [5, 5.41) is 0. The molecule has 0 radical (unpaired) electrons. The van der Waals surface area contributed by atoms with Crippen LogP contribution in [0.5, 0.6) is 0 Å². The monoisotopic (exact) mass is 176 g/mol. The van der Waals surface area contributed by atoms with Crippen LogP contribution in [0.25, 0.3) is 0 Å². The zero-order valence-corrected chi connectivity index (χ0v) is 9.01. The molecule has 0 N–H and O–H groups in total. The maximum absolute atomic E-state index is 2.34. The first-order valence-corrected chi connectivity index (χ1v) is 5.43. The van der Waals surface area contributed by atoms with Crippen molar-refractivity contribution in [2.24, 2.45) is 5.92 Å². The van der Waals surface area contributed by atoms with Gasteiger partial charge < -0.3 is 0 Å². The Bertz CT molecular complexity index is 250. The predicted octanol–water partition coefficient (Wildman–Crippen LogP) is 3.84. The molecule has 0 heterocycles. The van der Waals surface area contributed by atoms with Gasteiger partial charge in [-0.1, -0.05) is 45.0 Å². The summed E-state index contributed by atoms with van der Waals surface area (Å²) in [5.41, 5.74) is 3.15. The Morgan fingerprint density at radius 3 is 2.38 bits per heavy atom. The van der Waals surface area contributed by atoms with Crippen molar-refractivity contribution in [3.05, 3.63) is 35.4 Å². The highest BCUT2D eigenvalue weighted by Gasteiger charge is 2.13. The maximum Gasteiger partial charge on any atom is -0.0250 e. The minimum Gasteiger partial charge on any atom is -0.0683 e. The molecule has 0 fully saturated rings. The lowest BCUT2D eigenvalue weighted by molar-refractivity contribution is 0.501. The molecule has 0 amide bonds. The van der Waals surface area contributed by atoms with Gasteiger partial charge in [-0.2, -0.15) is 0 Å². The van der Waals surface area contributed by atoms with E-state index in [0.717, 1.165) is 5.92 Å². The second-order valence-electron chi connectivity index (χ2n) is 3.62. The van der Waals surface area contributed by atoms with Gasteiger partial charge in [0, 0.05) is 0 Å². The molecule has 1 aromatic rings. The Balaban J connectivity index is 0.000000396. The Morgan fingerprint density at radius 2 is 1.69 bits per heavy atom. The molecule has 0 saturated carbocycles. The van der Waals surface area contributed by atoms with Crippen LogP contribution in [0.4, 0.5) is 0 Å². The lowest BCUT2D eigenvalue weighted by Crippen LogP contribution is -2.10. The predicted molar refractivity (Wildman–Crippen MR) is 59.0 cm³/mol. The van der Waals surface area contributed by atoms with E-state index in [4.69, 9.17) is 0 Å². The summed E-state index contributed by atoms with van der Waals surface area (Å²) < 4.78 is 0. The first kappa shape index (κ1) is 10.3. The highest BCUT2D eigenvalue weighted by Crippen LogP contribution is 2.24. The molecule has 0 aliphatic heterocycles. The van der Waals surface area contributed by atoms with E-state index < -0.39 is 0 Å². The molecule has 0 unspecified atom stereocenters. The van der Waals surface area contributed by atoms with Crippen LogP contribution in [-0.2, 0) is 12.8 Å². The molecule has 1 aromatic carbocycles. The van der Waals surface area contributed by atoms with Gasteiger partial charge in [0.15, 0.2) is 0 Å². The van der Waals surface area contributed by atoms with Crippen LogP contribution in [0.15, 0.2) is 24.3 Å². The first-order chi connectivity index (χ1) is 6.36. The topological polar surface area (TPSA) is 0 Å². The summed E-state index contributed by atoms with van der Waals surface area (Å²) in [5.74, 6) is 0.893. The quantitative estimate of drug-likeness (QED) is 0.563. The van der Waals surface area contributed by atoms with Crippen molar-refractivity contribution < 1.29 is 0 Å². The summed E-state index contributed by atoms with van der Waals surface area (Å²) in [6, 6.07) is 8.83. The van der Waals surface area contributed by atoms with E-state index >= 15 is 0 Å². The smallest absolute Gasteiger partial charge is 0.0250 e. The molecule has 0 nitrogen and oxygen atoms in total. The lowest BCUT2D eigenvalue weighted by atomic mass is 9.85. The molecule has 0 saturated heterocycles. The second-order valence-corrected chi connectivity index (χ2v) is 3.62. The van der Waals surface area contributed by atoms with Crippen LogP contribution in [0.3, 0.4) is 0 Å². The lowest BCUT2D eigenvalue weighted by Gasteiger charge is -2.20. The molecule has 2 rings (SSSR count). The normalized spacial score (nSPS) is 19.8. The third-order valence-corrected chi connectivity index (χ3v) is 2.59. The van der Waals surface area contributed by atoms with Gasteiger partial charge in [-0.05, 0) is 36.3 Å². The van der Waals surface area contributed by atoms with Crippen molar-refractivity contribution in [2.45, 2.75) is 40.0 Å². The molecule has 0 aromatic heterocycles. The number of rotatable bonds is 0. The average Bonchev–Trinajstić information content (AvgIpc) is 2.21. The largest absolute Gasteiger partial charge is 0.0683 e. The molecule has 13 heavy (non-hydrogen) atoms. The van der Waals surface area contributed by atoms with Crippen LogP contribution in [-0.4, -0.2) is 0 Å². The molecule has 0 spiro atoms. The Morgan fingerprint density at radius 1 is 1.08 bits per heavy atom. The number of hydrogen-bond acceptors (Lipinski definition) is 0. The van der Waals surface area contributed by atoms with Crippen molar-refractivity contribution in [1.82, 2.24) is 0 Å². The number of fused-ring (bicyclic) bond motifs is 1. The van der Waals surface area contributed by atoms with E-state index in [1.165, 1.54) is 19.3 Å². The molecule has 1 aliphatic carbocycles. The van der Waals surface area contributed by atoms with Crippen LogP contribution < -0.4 is 0 Å². The van der Waals surface area contributed by atoms with E-state index in [9.17, 15) is 0 Å². The van der Waals surface area contributed by atoms with Crippen LogP contribution in [0.1, 0.15) is 38.3 Å². The zero-order valence-electron chi connectivity index (χ0n) is 9.01. The van der Waals surface area contributed by atoms with Crippen molar-refractivity contribution in [1.29, 1.82) is 0 Å². The Kier molecular flexibility index (Phi) is 4.01. The average molecular weight is 176 g/mol. The van der Waals surface area contributed by atoms with Crippen LogP contribution in [0.2, 0.25) is 0 Å². The van der Waals surface area contributed by atoms with Gasteiger partial charge in [-0.25, -0.2) is 0 Å². The van der Waals surface area contributed by atoms with Gasteiger partial charge >= 0.3 is 0 Å². The van der Waals surface area contributed by atoms with Gasteiger partial charge in [-0.15, -0.1) is 0 Å². The van der Waals surface area contributed by atoms with Gasteiger partial charge in [0.25, 0.3) is 0 Å². The fourth-order valence-electron chi connectivity index (χ4n) is 1.88. The van der Waals surface area contributed by atoms with E-state index in [2.05, 4.69) is 31.2 Å². The fourth-order valence-corrected chi connectivity index (χ4v) is 1.88. The van der Waals surface area contributed by atoms with E-state index in [1.54, 1.807) is 11.1 Å². The van der Waals surface area contributed by atoms with E-state index in [0.29, 0.717) is 0 Å². The second kappa shape index (κ2) is 5.06. The molecule has 1 atom stereocenters. The number of aryl methyl sites for hydroxylation is 1. The third-order valence-electron chi connectivity index (χ3n) is 2.59. The molecule has 0 bridgehead atoms. The van der Waals surface area contributed by atoms with Gasteiger partial charge in [0.2, 0.25) is 0 Å². The maximum atomic E-state index is 2.34. The molecule has 72 valence electrons. The fraction of sp³-hybridized carbons (Fsp3) is 0.538. The molecular weight excluding hydrogens is 156 g/mol. The SMILES string of the molecule is CC.C[C@H]1CCc2ccccc2C1. The van der Waals surface area contributed by atoms with Crippen LogP contribution >= 0.6 is 0 Å². The number of benzene rings is 1. The molecule has 1 aliphatic rings.